The maximum atomic E-state index is 12.5. The first kappa shape index (κ1) is 77.3. The average Bonchev–Trinajstić information content (AvgIpc) is 3.45. The summed E-state index contributed by atoms with van der Waals surface area (Å²) in [5.74, 6) is -0.0534. The van der Waals surface area contributed by atoms with Crippen LogP contribution in [0.25, 0.3) is 0 Å². The van der Waals surface area contributed by atoms with E-state index in [4.69, 9.17) is 4.74 Å². The zero-order valence-corrected chi connectivity index (χ0v) is 53.6. The van der Waals surface area contributed by atoms with Crippen LogP contribution in [-0.2, 0) is 14.3 Å². The minimum atomic E-state index is -0.849. The molecule has 0 saturated heterocycles. The van der Waals surface area contributed by atoms with Crippen LogP contribution < -0.4 is 5.32 Å². The van der Waals surface area contributed by atoms with Crippen LogP contribution >= 0.6 is 0 Å². The van der Waals surface area contributed by atoms with E-state index in [0.29, 0.717) is 19.4 Å². The molecule has 6 nitrogen and oxygen atoms in total. The van der Waals surface area contributed by atoms with Crippen molar-refractivity contribution in [3.63, 3.8) is 0 Å². The Hall–Kier alpha value is -1.66. The van der Waals surface area contributed by atoms with E-state index in [2.05, 4.69) is 31.3 Å². The molecule has 0 aliphatic heterocycles. The fourth-order valence-electron chi connectivity index (χ4n) is 11.5. The van der Waals surface area contributed by atoms with E-state index >= 15 is 0 Å². The first-order valence-electron chi connectivity index (χ1n) is 36.1. The maximum absolute atomic E-state index is 12.5. The summed E-state index contributed by atoms with van der Waals surface area (Å²) in [6.07, 6.45) is 86.9. The highest BCUT2D eigenvalue weighted by molar-refractivity contribution is 5.76. The number of carbonyl (C=O) groups excluding carboxylic acids is 2. The summed E-state index contributed by atoms with van der Waals surface area (Å²) in [6, 6.07) is -0.632. The van der Waals surface area contributed by atoms with Crippen molar-refractivity contribution in [3.05, 3.63) is 24.3 Å². The highest BCUT2D eigenvalue weighted by Gasteiger charge is 2.18. The molecular formula is C73H141NO5. The van der Waals surface area contributed by atoms with Crippen LogP contribution in [0.4, 0.5) is 0 Å². The number of aliphatic hydroxyl groups excluding tert-OH is 2. The molecule has 2 unspecified atom stereocenters. The number of nitrogens with one attached hydrogen (secondary N) is 1. The van der Waals surface area contributed by atoms with E-state index in [1.165, 1.54) is 340 Å². The smallest absolute Gasteiger partial charge is 0.305 e. The molecule has 79 heavy (non-hydrogen) atoms. The van der Waals surface area contributed by atoms with Gasteiger partial charge in [0.15, 0.2) is 0 Å². The first-order chi connectivity index (χ1) is 39.0. The minimum absolute atomic E-state index is 0.0145. The van der Waals surface area contributed by atoms with Gasteiger partial charge in [-0.3, -0.25) is 9.59 Å². The summed E-state index contributed by atoms with van der Waals surface area (Å²) in [6.45, 7) is 4.94. The van der Waals surface area contributed by atoms with Crippen LogP contribution in [0.5, 0.6) is 0 Å². The third kappa shape index (κ3) is 65.4. The number of aliphatic hydroxyl groups is 2. The molecule has 0 aliphatic rings. The van der Waals surface area contributed by atoms with Gasteiger partial charge in [0.25, 0.3) is 0 Å². The summed E-state index contributed by atoms with van der Waals surface area (Å²) >= 11 is 0. The molecule has 2 atom stereocenters. The van der Waals surface area contributed by atoms with Gasteiger partial charge in [-0.15, -0.1) is 0 Å². The van der Waals surface area contributed by atoms with E-state index < -0.39 is 12.1 Å². The third-order valence-corrected chi connectivity index (χ3v) is 17.0. The van der Waals surface area contributed by atoms with E-state index in [1.54, 1.807) is 6.08 Å². The Kier molecular flexibility index (Phi) is 67.4. The highest BCUT2D eigenvalue weighted by Crippen LogP contribution is 2.19. The molecule has 0 bridgehead atoms. The van der Waals surface area contributed by atoms with Crippen molar-refractivity contribution in [1.82, 2.24) is 5.32 Å². The van der Waals surface area contributed by atoms with E-state index in [1.807, 2.05) is 6.08 Å². The fourth-order valence-corrected chi connectivity index (χ4v) is 11.5. The Balaban J connectivity index is 3.43. The summed E-state index contributed by atoms with van der Waals surface area (Å²) in [5.41, 5.74) is 0. The zero-order valence-electron chi connectivity index (χ0n) is 53.6. The molecule has 0 aromatic carbocycles. The fraction of sp³-hybridized carbons (Fsp3) is 0.918. The van der Waals surface area contributed by atoms with Gasteiger partial charge in [-0.25, -0.2) is 0 Å². The Morgan fingerprint density at radius 1 is 0.342 bits per heavy atom. The summed E-state index contributed by atoms with van der Waals surface area (Å²) < 4.78 is 5.49. The molecule has 3 N–H and O–H groups in total. The second-order valence-electron chi connectivity index (χ2n) is 24.9. The SMILES string of the molecule is CCCCCCCCCCCCCCCCCCCCCCCCC/C=C/C(O)C(CO)NC(=O)CCCCCCCCCC/C=C\CCCCCCCCCCCCCCOC(=O)CCCCCCCCCCCCCCC. The lowest BCUT2D eigenvalue weighted by molar-refractivity contribution is -0.143. The summed E-state index contributed by atoms with van der Waals surface area (Å²) in [5, 5.41) is 23.3. The van der Waals surface area contributed by atoms with Gasteiger partial charge >= 0.3 is 5.97 Å². The number of hydrogen-bond acceptors (Lipinski definition) is 5. The number of allylic oxidation sites excluding steroid dienone is 3. The molecule has 0 heterocycles. The summed E-state index contributed by atoms with van der Waals surface area (Å²) in [7, 11) is 0. The minimum Gasteiger partial charge on any atom is -0.466 e. The van der Waals surface area contributed by atoms with Crippen molar-refractivity contribution in [2.45, 2.75) is 418 Å². The lowest BCUT2D eigenvalue weighted by Crippen LogP contribution is -2.45. The topological polar surface area (TPSA) is 95.9 Å². The lowest BCUT2D eigenvalue weighted by Gasteiger charge is -2.20. The molecule has 0 aromatic rings. The van der Waals surface area contributed by atoms with Gasteiger partial charge in [0, 0.05) is 12.8 Å². The molecule has 0 spiro atoms. The van der Waals surface area contributed by atoms with Gasteiger partial charge < -0.3 is 20.3 Å². The number of carbonyl (C=O) groups is 2. The largest absolute Gasteiger partial charge is 0.466 e. The maximum Gasteiger partial charge on any atom is 0.305 e. The predicted molar refractivity (Wildman–Crippen MR) is 347 cm³/mol. The van der Waals surface area contributed by atoms with Gasteiger partial charge in [-0.05, 0) is 57.8 Å². The number of esters is 1. The molecule has 6 heteroatoms. The standard InChI is InChI=1S/C73H141NO5/c1-3-5-7-9-11-13-15-17-18-19-20-21-22-23-26-29-32-35-38-42-45-49-53-57-61-65-71(76)70(69-75)74-72(77)66-62-58-54-50-46-43-39-36-33-30-27-24-25-28-31-34-37-40-44-48-52-56-60-64-68-79-73(78)67-63-59-55-51-47-41-16-14-12-10-8-6-4-2/h27,30,61,65,70-71,75-76H,3-26,28-29,31-60,62-64,66-69H2,1-2H3,(H,74,77)/b30-27-,65-61+. The van der Waals surface area contributed by atoms with Crippen molar-refractivity contribution in [2.75, 3.05) is 13.2 Å². The molecule has 0 aromatic heterocycles. The van der Waals surface area contributed by atoms with Crippen LogP contribution in [0.2, 0.25) is 0 Å². The Morgan fingerprint density at radius 3 is 0.899 bits per heavy atom. The van der Waals surface area contributed by atoms with Gasteiger partial charge in [0.05, 0.1) is 25.4 Å². The molecule has 0 radical (unpaired) electrons. The Bertz CT molecular complexity index is 1230. The molecule has 0 aliphatic carbocycles. The Labute approximate surface area is 494 Å². The number of hydrogen-bond donors (Lipinski definition) is 3. The number of rotatable bonds is 68. The van der Waals surface area contributed by atoms with Crippen LogP contribution in [-0.4, -0.2) is 47.4 Å². The van der Waals surface area contributed by atoms with Crippen LogP contribution in [0.1, 0.15) is 406 Å². The number of unbranched alkanes of at least 4 members (excludes halogenated alkanes) is 55. The lowest BCUT2D eigenvalue weighted by atomic mass is 10.0. The zero-order chi connectivity index (χ0) is 57.1. The predicted octanol–water partition coefficient (Wildman–Crippen LogP) is 23.3. The van der Waals surface area contributed by atoms with Crippen LogP contribution in [0, 0.1) is 0 Å². The molecule has 1 amide bonds. The molecule has 0 saturated carbocycles. The van der Waals surface area contributed by atoms with Gasteiger partial charge in [-0.2, -0.15) is 0 Å². The van der Waals surface area contributed by atoms with Gasteiger partial charge in [0.2, 0.25) is 5.91 Å². The Morgan fingerprint density at radius 2 is 0.595 bits per heavy atom. The second-order valence-corrected chi connectivity index (χ2v) is 24.9. The highest BCUT2D eigenvalue weighted by atomic mass is 16.5. The average molecular weight is 1110 g/mol. The number of ether oxygens (including phenoxy) is 1. The molecule has 468 valence electrons. The van der Waals surface area contributed by atoms with Gasteiger partial charge in [0.1, 0.15) is 0 Å². The van der Waals surface area contributed by atoms with E-state index in [0.717, 1.165) is 38.5 Å². The normalized spacial score (nSPS) is 12.6. The van der Waals surface area contributed by atoms with Crippen LogP contribution in [0.15, 0.2) is 24.3 Å². The second kappa shape index (κ2) is 68.8. The third-order valence-electron chi connectivity index (χ3n) is 17.0. The van der Waals surface area contributed by atoms with Crippen LogP contribution in [0.3, 0.4) is 0 Å². The first-order valence-corrected chi connectivity index (χ1v) is 36.1. The quantitative estimate of drug-likeness (QED) is 0.0320. The van der Waals surface area contributed by atoms with Crippen molar-refractivity contribution in [1.29, 1.82) is 0 Å². The van der Waals surface area contributed by atoms with Gasteiger partial charge in [-0.1, -0.05) is 359 Å². The molecule has 0 rings (SSSR count). The molecule has 0 fully saturated rings. The van der Waals surface area contributed by atoms with Crippen molar-refractivity contribution in [2.24, 2.45) is 0 Å². The van der Waals surface area contributed by atoms with E-state index in [-0.39, 0.29) is 18.5 Å². The summed E-state index contributed by atoms with van der Waals surface area (Å²) in [4.78, 5) is 24.6. The van der Waals surface area contributed by atoms with Crippen molar-refractivity contribution in [3.8, 4) is 0 Å². The monoisotopic (exact) mass is 1110 g/mol. The van der Waals surface area contributed by atoms with Crippen molar-refractivity contribution < 1.29 is 24.5 Å². The van der Waals surface area contributed by atoms with E-state index in [9.17, 15) is 19.8 Å². The van der Waals surface area contributed by atoms with Crippen molar-refractivity contribution >= 4 is 11.9 Å². The molecular weight excluding hydrogens is 971 g/mol. The number of amides is 1.